The van der Waals surface area contributed by atoms with Gasteiger partial charge >= 0.3 is 0 Å². The zero-order chi connectivity index (χ0) is 11.0. The van der Waals surface area contributed by atoms with E-state index in [4.69, 9.17) is 18.0 Å². The molecule has 82 valence electrons. The van der Waals surface area contributed by atoms with Gasteiger partial charge in [0.25, 0.3) is 0 Å². The zero-order valence-corrected chi connectivity index (χ0v) is 9.87. The van der Waals surface area contributed by atoms with Gasteiger partial charge in [0.05, 0.1) is 5.75 Å². The quantitative estimate of drug-likeness (QED) is 0.411. The average molecular weight is 238 g/mol. The lowest BCUT2D eigenvalue weighted by Gasteiger charge is -2.09. The van der Waals surface area contributed by atoms with E-state index in [0.29, 0.717) is 25.3 Å². The molecule has 3 nitrogen and oxygen atoms in total. The molecular weight excluding hydrogens is 222 g/mol. The number of alkyl halides is 1. The summed E-state index contributed by atoms with van der Waals surface area (Å²) >= 11 is 5.52. The predicted octanol–water partition coefficient (Wildman–Crippen LogP) is 1.19. The maximum absolute atomic E-state index is 11.3. The minimum absolute atomic E-state index is 0.0261. The summed E-state index contributed by atoms with van der Waals surface area (Å²) in [6, 6.07) is 0. The van der Waals surface area contributed by atoms with Gasteiger partial charge in [-0.15, -0.1) is 23.9 Å². The van der Waals surface area contributed by atoms with Crippen molar-refractivity contribution in [1.82, 2.24) is 4.72 Å². The number of nitrogens with one attached hydrogen (secondary N) is 1. The first-order valence-corrected chi connectivity index (χ1v) is 6.67. The van der Waals surface area contributed by atoms with Crippen LogP contribution in [0, 0.1) is 18.3 Å². The molecule has 0 rings (SSSR count). The van der Waals surface area contributed by atoms with Crippen molar-refractivity contribution in [3.63, 3.8) is 0 Å². The third-order valence-corrected chi connectivity index (χ3v) is 3.77. The molecule has 1 atom stereocenters. The zero-order valence-electron chi connectivity index (χ0n) is 8.29. The van der Waals surface area contributed by atoms with Crippen LogP contribution in [0.2, 0.25) is 0 Å². The molecule has 0 bridgehead atoms. The van der Waals surface area contributed by atoms with E-state index in [0.717, 1.165) is 0 Å². The molecule has 0 aliphatic rings. The van der Waals surface area contributed by atoms with Gasteiger partial charge in [-0.25, -0.2) is 13.1 Å². The van der Waals surface area contributed by atoms with Crippen LogP contribution < -0.4 is 4.72 Å². The highest BCUT2D eigenvalue weighted by Crippen LogP contribution is 2.01. The van der Waals surface area contributed by atoms with E-state index in [1.807, 2.05) is 0 Å². The molecule has 1 N–H and O–H groups in total. The molecular formula is C9H16ClNO2S. The van der Waals surface area contributed by atoms with Crippen LogP contribution in [0.3, 0.4) is 0 Å². The van der Waals surface area contributed by atoms with Crippen molar-refractivity contribution in [3.8, 4) is 12.3 Å². The summed E-state index contributed by atoms with van der Waals surface area (Å²) in [4.78, 5) is 0. The fourth-order valence-corrected chi connectivity index (χ4v) is 2.57. The Morgan fingerprint density at radius 1 is 1.57 bits per heavy atom. The van der Waals surface area contributed by atoms with Crippen molar-refractivity contribution in [3.05, 3.63) is 0 Å². The minimum Gasteiger partial charge on any atom is -0.215 e. The second kappa shape index (κ2) is 7.10. The fourth-order valence-electron chi connectivity index (χ4n) is 0.896. The third kappa shape index (κ3) is 7.19. The predicted molar refractivity (Wildman–Crippen MR) is 59.7 cm³/mol. The van der Waals surface area contributed by atoms with Crippen molar-refractivity contribution in [2.45, 2.75) is 19.8 Å². The SMILES string of the molecule is C#CCCCNS(=O)(=O)CC(C)CCl. The number of rotatable bonds is 7. The normalized spacial score (nSPS) is 13.5. The van der Waals surface area contributed by atoms with Gasteiger partial charge in [0, 0.05) is 18.8 Å². The van der Waals surface area contributed by atoms with Gasteiger partial charge in [-0.2, -0.15) is 0 Å². The van der Waals surface area contributed by atoms with Crippen LogP contribution in [0.1, 0.15) is 19.8 Å². The molecule has 0 fully saturated rings. The topological polar surface area (TPSA) is 46.2 Å². The van der Waals surface area contributed by atoms with E-state index in [1.165, 1.54) is 0 Å². The highest BCUT2D eigenvalue weighted by atomic mass is 35.5. The van der Waals surface area contributed by atoms with Crippen LogP contribution in [0.25, 0.3) is 0 Å². The van der Waals surface area contributed by atoms with Gasteiger partial charge in [0.2, 0.25) is 10.0 Å². The van der Waals surface area contributed by atoms with Crippen molar-refractivity contribution in [2.75, 3.05) is 18.2 Å². The Labute approximate surface area is 91.3 Å². The monoisotopic (exact) mass is 237 g/mol. The first-order chi connectivity index (χ1) is 6.52. The van der Waals surface area contributed by atoms with E-state index < -0.39 is 10.0 Å². The molecule has 0 heterocycles. The smallest absolute Gasteiger partial charge is 0.211 e. The van der Waals surface area contributed by atoms with E-state index in [-0.39, 0.29) is 11.7 Å². The lowest BCUT2D eigenvalue weighted by Crippen LogP contribution is -2.30. The summed E-state index contributed by atoms with van der Waals surface area (Å²) < 4.78 is 25.2. The molecule has 14 heavy (non-hydrogen) atoms. The summed E-state index contributed by atoms with van der Waals surface area (Å²) in [6.07, 6.45) is 6.30. The van der Waals surface area contributed by atoms with Crippen LogP contribution in [0.5, 0.6) is 0 Å². The fraction of sp³-hybridized carbons (Fsp3) is 0.778. The van der Waals surface area contributed by atoms with Crippen LogP contribution in [-0.2, 0) is 10.0 Å². The first kappa shape index (κ1) is 13.8. The minimum atomic E-state index is -3.18. The van der Waals surface area contributed by atoms with E-state index in [1.54, 1.807) is 6.92 Å². The number of halogens is 1. The largest absolute Gasteiger partial charge is 0.215 e. The van der Waals surface area contributed by atoms with Crippen LogP contribution >= 0.6 is 11.6 Å². The van der Waals surface area contributed by atoms with Crippen LogP contribution in [0.15, 0.2) is 0 Å². The summed E-state index contributed by atoms with van der Waals surface area (Å²) in [5.41, 5.74) is 0. The Morgan fingerprint density at radius 2 is 2.21 bits per heavy atom. The van der Waals surface area contributed by atoms with Crippen molar-refractivity contribution < 1.29 is 8.42 Å². The molecule has 0 spiro atoms. The molecule has 1 unspecified atom stereocenters. The van der Waals surface area contributed by atoms with Crippen molar-refractivity contribution in [2.24, 2.45) is 5.92 Å². The second-order valence-corrected chi connectivity index (χ2v) is 5.40. The Bertz CT molecular complexity index is 282. The van der Waals surface area contributed by atoms with Crippen LogP contribution in [0.4, 0.5) is 0 Å². The molecule has 0 aliphatic heterocycles. The highest BCUT2D eigenvalue weighted by molar-refractivity contribution is 7.89. The summed E-state index contributed by atoms with van der Waals surface area (Å²) in [5.74, 6) is 2.85. The average Bonchev–Trinajstić information content (AvgIpc) is 2.12. The Balaban J connectivity index is 3.80. The Hall–Kier alpha value is -0.240. The van der Waals surface area contributed by atoms with Gasteiger partial charge in [0.1, 0.15) is 0 Å². The summed E-state index contributed by atoms with van der Waals surface area (Å²) in [5, 5.41) is 0. The van der Waals surface area contributed by atoms with Crippen molar-refractivity contribution in [1.29, 1.82) is 0 Å². The van der Waals surface area contributed by atoms with Gasteiger partial charge < -0.3 is 0 Å². The molecule has 0 radical (unpaired) electrons. The maximum Gasteiger partial charge on any atom is 0.211 e. The van der Waals surface area contributed by atoms with E-state index in [2.05, 4.69) is 10.6 Å². The van der Waals surface area contributed by atoms with Gasteiger partial charge in [-0.1, -0.05) is 6.92 Å². The van der Waals surface area contributed by atoms with Crippen molar-refractivity contribution >= 4 is 21.6 Å². The lowest BCUT2D eigenvalue weighted by molar-refractivity contribution is 0.567. The summed E-state index contributed by atoms with van der Waals surface area (Å²) in [6.45, 7) is 2.20. The summed E-state index contributed by atoms with van der Waals surface area (Å²) in [7, 11) is -3.18. The first-order valence-electron chi connectivity index (χ1n) is 4.48. The van der Waals surface area contributed by atoms with Gasteiger partial charge in [-0.05, 0) is 12.3 Å². The number of hydrogen-bond donors (Lipinski definition) is 1. The molecule has 0 aromatic heterocycles. The van der Waals surface area contributed by atoms with E-state index in [9.17, 15) is 8.42 Å². The Morgan fingerprint density at radius 3 is 2.71 bits per heavy atom. The highest BCUT2D eigenvalue weighted by Gasteiger charge is 2.13. The number of unbranched alkanes of at least 4 members (excludes halogenated alkanes) is 1. The second-order valence-electron chi connectivity index (χ2n) is 3.24. The number of terminal acetylenes is 1. The Kier molecular flexibility index (Phi) is 6.98. The lowest BCUT2D eigenvalue weighted by atomic mass is 10.3. The molecule has 0 aromatic rings. The van der Waals surface area contributed by atoms with Gasteiger partial charge in [0.15, 0.2) is 0 Å². The standard InChI is InChI=1S/C9H16ClNO2S/c1-3-4-5-6-11-14(12,13)8-9(2)7-10/h1,9,11H,4-8H2,2H3. The third-order valence-electron chi connectivity index (χ3n) is 1.59. The molecule has 0 aromatic carbocycles. The molecule has 0 saturated heterocycles. The number of sulfonamides is 1. The van der Waals surface area contributed by atoms with E-state index >= 15 is 0 Å². The molecule has 0 amide bonds. The molecule has 0 saturated carbocycles. The van der Waals surface area contributed by atoms with Crippen LogP contribution in [-0.4, -0.2) is 26.6 Å². The molecule has 0 aliphatic carbocycles. The molecule has 5 heteroatoms. The maximum atomic E-state index is 11.3. The number of hydrogen-bond acceptors (Lipinski definition) is 2. The van der Waals surface area contributed by atoms with Gasteiger partial charge in [-0.3, -0.25) is 0 Å².